The van der Waals surface area contributed by atoms with E-state index in [2.05, 4.69) is 24.0 Å². The van der Waals surface area contributed by atoms with Crippen LogP contribution in [0, 0.1) is 0 Å². The van der Waals surface area contributed by atoms with Crippen molar-refractivity contribution in [3.63, 3.8) is 0 Å². The first kappa shape index (κ1) is 14.7. The molecule has 0 aromatic heterocycles. The summed E-state index contributed by atoms with van der Waals surface area (Å²) in [6.45, 7) is 4.41. The predicted octanol–water partition coefficient (Wildman–Crippen LogP) is 3.07. The first-order valence-corrected chi connectivity index (χ1v) is 8.19. The summed E-state index contributed by atoms with van der Waals surface area (Å²) < 4.78 is 10.9. The van der Waals surface area contributed by atoms with E-state index in [0.29, 0.717) is 19.4 Å². The molecule has 2 aliphatic rings. The normalized spacial score (nSPS) is 23.8. The molecule has 0 amide bonds. The summed E-state index contributed by atoms with van der Waals surface area (Å²) in [5.74, 6) is 1.70. The highest BCUT2D eigenvalue weighted by atomic mass is 16.7. The summed E-state index contributed by atoms with van der Waals surface area (Å²) in [5, 5.41) is 0. The molecule has 0 spiro atoms. The van der Waals surface area contributed by atoms with Crippen LogP contribution in [0.5, 0.6) is 11.5 Å². The van der Waals surface area contributed by atoms with Crippen molar-refractivity contribution in [3.05, 3.63) is 23.8 Å². The van der Waals surface area contributed by atoms with E-state index in [1.807, 2.05) is 6.07 Å². The van der Waals surface area contributed by atoms with Gasteiger partial charge in [0.15, 0.2) is 11.5 Å². The quantitative estimate of drug-likeness (QED) is 0.926. The minimum Gasteiger partial charge on any atom is -0.454 e. The van der Waals surface area contributed by atoms with E-state index >= 15 is 0 Å². The predicted molar refractivity (Wildman–Crippen MR) is 83.6 cm³/mol. The van der Waals surface area contributed by atoms with Crippen LogP contribution in [0.15, 0.2) is 18.2 Å². The van der Waals surface area contributed by atoms with E-state index in [4.69, 9.17) is 15.2 Å². The lowest BCUT2D eigenvalue weighted by atomic mass is 10.00. The molecule has 1 saturated heterocycles. The molecule has 4 heteroatoms. The fraction of sp³-hybridized carbons (Fsp3) is 0.647. The summed E-state index contributed by atoms with van der Waals surface area (Å²) in [6.07, 6.45) is 6.44. The van der Waals surface area contributed by atoms with Gasteiger partial charge in [-0.1, -0.05) is 25.8 Å². The minimum absolute atomic E-state index is 0.280. The summed E-state index contributed by atoms with van der Waals surface area (Å²) in [4.78, 5) is 2.62. The summed E-state index contributed by atoms with van der Waals surface area (Å²) in [7, 11) is 0. The lowest BCUT2D eigenvalue weighted by Crippen LogP contribution is -2.41. The van der Waals surface area contributed by atoms with Gasteiger partial charge in [-0.25, -0.2) is 0 Å². The average Bonchev–Trinajstić information content (AvgIpc) is 2.85. The highest BCUT2D eigenvalue weighted by Crippen LogP contribution is 2.36. The number of hydrogen-bond donors (Lipinski definition) is 1. The molecular formula is C17H26N2O2. The van der Waals surface area contributed by atoms with Crippen molar-refractivity contribution in [2.24, 2.45) is 5.73 Å². The molecule has 116 valence electrons. The van der Waals surface area contributed by atoms with Crippen molar-refractivity contribution >= 4 is 0 Å². The molecule has 2 atom stereocenters. The molecule has 4 nitrogen and oxygen atoms in total. The van der Waals surface area contributed by atoms with E-state index in [1.54, 1.807) is 0 Å². The van der Waals surface area contributed by atoms with Gasteiger partial charge < -0.3 is 15.2 Å². The molecule has 0 bridgehead atoms. The SMILES string of the molecule is CCC1CCCCCN1C(CN)c1ccc2c(c1)OCO2. The lowest BCUT2D eigenvalue weighted by molar-refractivity contribution is 0.135. The Kier molecular flexibility index (Phi) is 4.66. The van der Waals surface area contributed by atoms with E-state index in [1.165, 1.54) is 37.7 Å². The summed E-state index contributed by atoms with van der Waals surface area (Å²) in [5.41, 5.74) is 7.39. The number of rotatable bonds is 4. The number of hydrogen-bond acceptors (Lipinski definition) is 4. The van der Waals surface area contributed by atoms with E-state index in [9.17, 15) is 0 Å². The van der Waals surface area contributed by atoms with Gasteiger partial charge in [0.25, 0.3) is 0 Å². The second-order valence-electron chi connectivity index (χ2n) is 6.01. The van der Waals surface area contributed by atoms with Crippen molar-refractivity contribution < 1.29 is 9.47 Å². The molecule has 1 aromatic carbocycles. The van der Waals surface area contributed by atoms with E-state index in [-0.39, 0.29) is 6.04 Å². The Bertz CT molecular complexity index is 478. The van der Waals surface area contributed by atoms with Gasteiger partial charge in [0.05, 0.1) is 0 Å². The number of benzene rings is 1. The number of likely N-dealkylation sites (tertiary alicyclic amines) is 1. The Labute approximate surface area is 127 Å². The maximum Gasteiger partial charge on any atom is 0.231 e. The highest BCUT2D eigenvalue weighted by molar-refractivity contribution is 5.45. The zero-order chi connectivity index (χ0) is 14.7. The van der Waals surface area contributed by atoms with E-state index in [0.717, 1.165) is 18.0 Å². The minimum atomic E-state index is 0.280. The van der Waals surface area contributed by atoms with Gasteiger partial charge in [0.2, 0.25) is 6.79 Å². The smallest absolute Gasteiger partial charge is 0.231 e. The van der Waals surface area contributed by atoms with Gasteiger partial charge in [0, 0.05) is 18.6 Å². The fourth-order valence-corrected chi connectivity index (χ4v) is 3.63. The van der Waals surface area contributed by atoms with Crippen molar-refractivity contribution in [2.75, 3.05) is 19.9 Å². The van der Waals surface area contributed by atoms with Crippen LogP contribution < -0.4 is 15.2 Å². The van der Waals surface area contributed by atoms with Crippen molar-refractivity contribution in [1.82, 2.24) is 4.90 Å². The first-order chi connectivity index (χ1) is 10.3. The van der Waals surface area contributed by atoms with Gasteiger partial charge in [-0.2, -0.15) is 0 Å². The van der Waals surface area contributed by atoms with Crippen LogP contribution in [-0.2, 0) is 0 Å². The van der Waals surface area contributed by atoms with Crippen LogP contribution in [0.3, 0.4) is 0 Å². The molecule has 1 fully saturated rings. The molecule has 2 aliphatic heterocycles. The van der Waals surface area contributed by atoms with E-state index < -0.39 is 0 Å². The Hall–Kier alpha value is -1.26. The van der Waals surface area contributed by atoms with Crippen LogP contribution in [0.1, 0.15) is 50.6 Å². The molecule has 1 aromatic rings. The van der Waals surface area contributed by atoms with Crippen LogP contribution in [0.4, 0.5) is 0 Å². The number of fused-ring (bicyclic) bond motifs is 1. The zero-order valence-electron chi connectivity index (χ0n) is 12.9. The molecule has 2 N–H and O–H groups in total. The number of nitrogens with two attached hydrogens (primary N) is 1. The summed E-state index contributed by atoms with van der Waals surface area (Å²) >= 11 is 0. The second-order valence-corrected chi connectivity index (χ2v) is 6.01. The van der Waals surface area contributed by atoms with Gasteiger partial charge in [0.1, 0.15) is 0 Å². The molecule has 2 heterocycles. The van der Waals surface area contributed by atoms with Crippen molar-refractivity contribution in [3.8, 4) is 11.5 Å². The maximum atomic E-state index is 6.14. The Morgan fingerprint density at radius 2 is 2.10 bits per heavy atom. The number of ether oxygens (including phenoxy) is 2. The molecule has 2 unspecified atom stereocenters. The highest BCUT2D eigenvalue weighted by Gasteiger charge is 2.28. The number of nitrogens with zero attached hydrogens (tertiary/aromatic N) is 1. The zero-order valence-corrected chi connectivity index (χ0v) is 12.9. The van der Waals surface area contributed by atoms with Gasteiger partial charge in [-0.05, 0) is 43.5 Å². The molecule has 0 radical (unpaired) electrons. The Morgan fingerprint density at radius 3 is 2.90 bits per heavy atom. The Morgan fingerprint density at radius 1 is 1.24 bits per heavy atom. The molecular weight excluding hydrogens is 264 g/mol. The largest absolute Gasteiger partial charge is 0.454 e. The molecule has 21 heavy (non-hydrogen) atoms. The molecule has 3 rings (SSSR count). The van der Waals surface area contributed by atoms with Crippen LogP contribution >= 0.6 is 0 Å². The van der Waals surface area contributed by atoms with Crippen LogP contribution in [-0.4, -0.2) is 30.8 Å². The van der Waals surface area contributed by atoms with Crippen LogP contribution in [0.2, 0.25) is 0 Å². The standard InChI is InChI=1S/C17H26N2O2/c1-2-14-6-4-3-5-9-19(14)15(11-18)13-7-8-16-17(10-13)21-12-20-16/h7-8,10,14-15H,2-6,9,11-12,18H2,1H3. The fourth-order valence-electron chi connectivity index (χ4n) is 3.63. The van der Waals surface area contributed by atoms with Crippen molar-refractivity contribution in [1.29, 1.82) is 0 Å². The average molecular weight is 290 g/mol. The topological polar surface area (TPSA) is 47.7 Å². The van der Waals surface area contributed by atoms with Crippen LogP contribution in [0.25, 0.3) is 0 Å². The first-order valence-electron chi connectivity index (χ1n) is 8.19. The van der Waals surface area contributed by atoms with Gasteiger partial charge >= 0.3 is 0 Å². The third-order valence-electron chi connectivity index (χ3n) is 4.80. The maximum absolute atomic E-state index is 6.14. The molecule has 0 saturated carbocycles. The summed E-state index contributed by atoms with van der Waals surface area (Å²) in [6, 6.07) is 7.19. The molecule has 0 aliphatic carbocycles. The lowest BCUT2D eigenvalue weighted by Gasteiger charge is -2.36. The third kappa shape index (κ3) is 3.01. The second kappa shape index (κ2) is 6.67. The van der Waals surface area contributed by atoms with Gasteiger partial charge in [-0.3, -0.25) is 4.90 Å². The third-order valence-corrected chi connectivity index (χ3v) is 4.80. The van der Waals surface area contributed by atoms with Gasteiger partial charge in [-0.15, -0.1) is 0 Å². The van der Waals surface area contributed by atoms with Crippen molar-refractivity contribution in [2.45, 2.75) is 51.1 Å². The Balaban J connectivity index is 1.85. The monoisotopic (exact) mass is 290 g/mol.